The zero-order valence-electron chi connectivity index (χ0n) is 16.6. The number of benzene rings is 3. The third kappa shape index (κ3) is 7.25. The van der Waals surface area contributed by atoms with Gasteiger partial charge >= 0.3 is 0 Å². The number of halogens is 1. The summed E-state index contributed by atoms with van der Waals surface area (Å²) in [7, 11) is 0. The summed E-state index contributed by atoms with van der Waals surface area (Å²) in [5.41, 5.74) is 5.72. The Kier molecular flexibility index (Phi) is 8.36. The van der Waals surface area contributed by atoms with Crippen molar-refractivity contribution in [2.24, 2.45) is 5.10 Å². The minimum absolute atomic E-state index is 0.116. The van der Waals surface area contributed by atoms with E-state index in [0.29, 0.717) is 11.6 Å². The van der Waals surface area contributed by atoms with Crippen molar-refractivity contribution in [2.45, 2.75) is 24.5 Å². The number of hydrogen-bond acceptors (Lipinski definition) is 4. The second-order valence-corrected chi connectivity index (χ2v) is 8.42. The monoisotopic (exact) mass is 438 g/mol. The SMILES string of the molecule is C[C@H](SCc1ccccc1)C(=O)N/N=C\c1ccc(OCc2ccc(Cl)cc2)cc1. The molecule has 4 nitrogen and oxygen atoms in total. The maximum Gasteiger partial charge on any atom is 0.252 e. The Morgan fingerprint density at radius 1 is 1.03 bits per heavy atom. The molecule has 0 aliphatic rings. The number of hydrazone groups is 1. The summed E-state index contributed by atoms with van der Waals surface area (Å²) in [5, 5.41) is 4.58. The zero-order valence-corrected chi connectivity index (χ0v) is 18.2. The summed E-state index contributed by atoms with van der Waals surface area (Å²) in [4.78, 5) is 12.2. The van der Waals surface area contributed by atoms with Crippen LogP contribution in [-0.2, 0) is 17.2 Å². The molecule has 0 heterocycles. The van der Waals surface area contributed by atoms with Gasteiger partial charge in [0, 0.05) is 10.8 Å². The van der Waals surface area contributed by atoms with E-state index in [1.54, 1.807) is 18.0 Å². The van der Waals surface area contributed by atoms with Crippen molar-refractivity contribution in [1.29, 1.82) is 0 Å². The molecule has 3 aromatic carbocycles. The Labute approximate surface area is 186 Å². The van der Waals surface area contributed by atoms with Gasteiger partial charge in [-0.1, -0.05) is 54.1 Å². The van der Waals surface area contributed by atoms with Crippen LogP contribution in [0.3, 0.4) is 0 Å². The number of rotatable bonds is 9. The lowest BCUT2D eigenvalue weighted by atomic mass is 10.2. The molecule has 1 N–H and O–H groups in total. The highest BCUT2D eigenvalue weighted by atomic mass is 35.5. The summed E-state index contributed by atoms with van der Waals surface area (Å²) in [6, 6.07) is 25.2. The maximum absolute atomic E-state index is 12.2. The first-order chi connectivity index (χ1) is 14.6. The van der Waals surface area contributed by atoms with E-state index in [1.165, 1.54) is 5.56 Å². The molecule has 154 valence electrons. The van der Waals surface area contributed by atoms with Crippen LogP contribution in [-0.4, -0.2) is 17.4 Å². The Morgan fingerprint density at radius 3 is 2.43 bits per heavy atom. The Hall–Kier alpha value is -2.76. The molecule has 3 rings (SSSR count). The first-order valence-electron chi connectivity index (χ1n) is 9.56. The highest BCUT2D eigenvalue weighted by molar-refractivity contribution is 7.99. The van der Waals surface area contributed by atoms with E-state index in [0.717, 1.165) is 22.6 Å². The predicted octanol–water partition coefficient (Wildman–Crippen LogP) is 5.69. The van der Waals surface area contributed by atoms with Gasteiger partial charge in [-0.3, -0.25) is 4.79 Å². The third-order valence-electron chi connectivity index (χ3n) is 4.30. The van der Waals surface area contributed by atoms with Gasteiger partial charge in [0.2, 0.25) is 0 Å². The predicted molar refractivity (Wildman–Crippen MR) is 125 cm³/mol. The number of thioether (sulfide) groups is 1. The van der Waals surface area contributed by atoms with E-state index >= 15 is 0 Å². The average Bonchev–Trinajstić information content (AvgIpc) is 2.78. The van der Waals surface area contributed by atoms with Crippen LogP contribution < -0.4 is 10.2 Å². The molecule has 0 aliphatic heterocycles. The number of amides is 1. The highest BCUT2D eigenvalue weighted by Gasteiger charge is 2.12. The number of hydrogen-bond donors (Lipinski definition) is 1. The van der Waals surface area contributed by atoms with Crippen LogP contribution in [0.5, 0.6) is 5.75 Å². The van der Waals surface area contributed by atoms with Gasteiger partial charge in [0.05, 0.1) is 11.5 Å². The van der Waals surface area contributed by atoms with E-state index in [2.05, 4.69) is 22.7 Å². The van der Waals surface area contributed by atoms with Crippen molar-refractivity contribution in [2.75, 3.05) is 0 Å². The molecule has 1 amide bonds. The van der Waals surface area contributed by atoms with Gasteiger partial charge in [-0.15, -0.1) is 11.8 Å². The van der Waals surface area contributed by atoms with Gasteiger partial charge in [0.15, 0.2) is 0 Å². The standard InChI is InChI=1S/C24H23ClN2O2S/c1-18(30-17-21-5-3-2-4-6-21)24(28)27-26-15-19-9-13-23(14-10-19)29-16-20-7-11-22(25)12-8-20/h2-15,18H,16-17H2,1H3,(H,27,28)/b26-15-/t18-/m0/s1. The van der Waals surface area contributed by atoms with Crippen molar-refractivity contribution in [3.63, 3.8) is 0 Å². The van der Waals surface area contributed by atoms with Crippen molar-refractivity contribution in [3.05, 3.63) is 101 Å². The normalized spacial score (nSPS) is 11.9. The topological polar surface area (TPSA) is 50.7 Å². The fraction of sp³-hybridized carbons (Fsp3) is 0.167. The summed E-state index contributed by atoms with van der Waals surface area (Å²) >= 11 is 7.47. The lowest BCUT2D eigenvalue weighted by Crippen LogP contribution is -2.26. The Morgan fingerprint density at radius 2 is 1.73 bits per heavy atom. The van der Waals surface area contributed by atoms with Crippen LogP contribution in [0.25, 0.3) is 0 Å². The molecule has 3 aromatic rings. The molecular weight excluding hydrogens is 416 g/mol. The lowest BCUT2D eigenvalue weighted by Gasteiger charge is -2.09. The Bertz CT molecular complexity index is 961. The van der Waals surface area contributed by atoms with Crippen molar-refractivity contribution in [1.82, 2.24) is 5.43 Å². The molecular formula is C24H23ClN2O2S. The van der Waals surface area contributed by atoms with Gasteiger partial charge in [-0.05, 0) is 60.0 Å². The van der Waals surface area contributed by atoms with E-state index in [-0.39, 0.29) is 11.2 Å². The molecule has 1 atom stereocenters. The van der Waals surface area contributed by atoms with Gasteiger partial charge in [-0.2, -0.15) is 5.10 Å². The molecule has 0 radical (unpaired) electrons. The van der Waals surface area contributed by atoms with E-state index in [1.807, 2.05) is 73.7 Å². The molecule has 30 heavy (non-hydrogen) atoms. The summed E-state index contributed by atoms with van der Waals surface area (Å²) in [6.07, 6.45) is 1.62. The second-order valence-electron chi connectivity index (χ2n) is 6.66. The van der Waals surface area contributed by atoms with Crippen LogP contribution in [0.2, 0.25) is 5.02 Å². The Balaban J connectivity index is 1.41. The van der Waals surface area contributed by atoms with Crippen LogP contribution >= 0.6 is 23.4 Å². The smallest absolute Gasteiger partial charge is 0.252 e. The first kappa shape index (κ1) is 21.9. The minimum Gasteiger partial charge on any atom is -0.489 e. The molecule has 0 aromatic heterocycles. The first-order valence-corrected chi connectivity index (χ1v) is 11.0. The highest BCUT2D eigenvalue weighted by Crippen LogP contribution is 2.18. The summed E-state index contributed by atoms with van der Waals surface area (Å²) in [5.74, 6) is 1.43. The van der Waals surface area contributed by atoms with E-state index < -0.39 is 0 Å². The summed E-state index contributed by atoms with van der Waals surface area (Å²) < 4.78 is 5.76. The molecule has 6 heteroatoms. The zero-order chi connectivity index (χ0) is 21.2. The molecule has 0 fully saturated rings. The lowest BCUT2D eigenvalue weighted by molar-refractivity contribution is -0.120. The van der Waals surface area contributed by atoms with Crippen molar-refractivity contribution < 1.29 is 9.53 Å². The molecule has 0 saturated carbocycles. The van der Waals surface area contributed by atoms with E-state index in [9.17, 15) is 4.79 Å². The van der Waals surface area contributed by atoms with Gasteiger partial charge < -0.3 is 4.74 Å². The van der Waals surface area contributed by atoms with E-state index in [4.69, 9.17) is 16.3 Å². The van der Waals surface area contributed by atoms with Crippen LogP contribution in [0.15, 0.2) is 84.0 Å². The number of nitrogens with one attached hydrogen (secondary N) is 1. The quantitative estimate of drug-likeness (QED) is 0.345. The van der Waals surface area contributed by atoms with Crippen molar-refractivity contribution >= 4 is 35.5 Å². The van der Waals surface area contributed by atoms with Gasteiger partial charge in [0.1, 0.15) is 12.4 Å². The van der Waals surface area contributed by atoms with Crippen LogP contribution in [0, 0.1) is 0 Å². The average molecular weight is 439 g/mol. The minimum atomic E-state index is -0.189. The molecule has 0 aliphatic carbocycles. The largest absolute Gasteiger partial charge is 0.489 e. The van der Waals surface area contributed by atoms with Gasteiger partial charge in [0.25, 0.3) is 5.91 Å². The maximum atomic E-state index is 12.2. The number of carbonyl (C=O) groups excluding carboxylic acids is 1. The fourth-order valence-corrected chi connectivity index (χ4v) is 3.49. The van der Waals surface area contributed by atoms with Gasteiger partial charge in [-0.25, -0.2) is 5.43 Å². The third-order valence-corrected chi connectivity index (χ3v) is 5.77. The van der Waals surface area contributed by atoms with Crippen LogP contribution in [0.1, 0.15) is 23.6 Å². The molecule has 0 bridgehead atoms. The second kappa shape index (κ2) is 11.4. The molecule has 0 saturated heterocycles. The number of carbonyl (C=O) groups is 1. The van der Waals surface area contributed by atoms with Crippen LogP contribution in [0.4, 0.5) is 0 Å². The van der Waals surface area contributed by atoms with Crippen molar-refractivity contribution in [3.8, 4) is 5.75 Å². The molecule has 0 unspecified atom stereocenters. The summed E-state index contributed by atoms with van der Waals surface area (Å²) in [6.45, 7) is 2.35. The number of nitrogens with zero attached hydrogens (tertiary/aromatic N) is 1. The number of ether oxygens (including phenoxy) is 1. The fourth-order valence-electron chi connectivity index (χ4n) is 2.53. The molecule has 0 spiro atoms.